The molecule has 0 radical (unpaired) electrons. The Labute approximate surface area is 141 Å². The van der Waals surface area contributed by atoms with Crippen LogP contribution in [0.25, 0.3) is 0 Å². The van der Waals surface area contributed by atoms with Gasteiger partial charge in [-0.25, -0.2) is 0 Å². The van der Waals surface area contributed by atoms with Crippen LogP contribution in [0.15, 0.2) is 30.3 Å². The lowest BCUT2D eigenvalue weighted by molar-refractivity contribution is -0.140. The van der Waals surface area contributed by atoms with Gasteiger partial charge in [0.15, 0.2) is 0 Å². The van der Waals surface area contributed by atoms with Crippen molar-refractivity contribution in [2.75, 3.05) is 19.6 Å². The number of rotatable bonds is 5. The van der Waals surface area contributed by atoms with Crippen molar-refractivity contribution < 1.29 is 14.4 Å². The largest absolute Gasteiger partial charge is 0.369 e. The van der Waals surface area contributed by atoms with Crippen molar-refractivity contribution in [3.05, 3.63) is 35.9 Å². The summed E-state index contributed by atoms with van der Waals surface area (Å²) in [5, 5.41) is 0. The van der Waals surface area contributed by atoms with Crippen LogP contribution in [0.3, 0.4) is 0 Å². The van der Waals surface area contributed by atoms with E-state index >= 15 is 0 Å². The topological polar surface area (TPSA) is 83.7 Å². The number of carbonyl (C=O) groups is 3. The highest BCUT2D eigenvalue weighted by atomic mass is 16.2. The molecule has 0 spiro atoms. The normalized spacial score (nSPS) is 25.2. The fourth-order valence-corrected chi connectivity index (χ4v) is 3.59. The Hall–Kier alpha value is -2.21. The number of hydrogen-bond donors (Lipinski definition) is 1. The molecule has 0 saturated carbocycles. The summed E-state index contributed by atoms with van der Waals surface area (Å²) < 4.78 is 0. The lowest BCUT2D eigenvalue weighted by Crippen LogP contribution is -2.49. The lowest BCUT2D eigenvalue weighted by Gasteiger charge is -2.34. The molecule has 2 fully saturated rings. The van der Waals surface area contributed by atoms with Gasteiger partial charge in [0, 0.05) is 13.1 Å². The molecule has 24 heavy (non-hydrogen) atoms. The second-order valence-electron chi connectivity index (χ2n) is 6.58. The van der Waals surface area contributed by atoms with Gasteiger partial charge in [-0.2, -0.15) is 0 Å². The molecule has 128 valence electrons. The van der Waals surface area contributed by atoms with Crippen molar-refractivity contribution in [3.8, 4) is 0 Å². The Bertz CT molecular complexity index is 632. The minimum Gasteiger partial charge on any atom is -0.369 e. The Balaban J connectivity index is 1.62. The van der Waals surface area contributed by atoms with E-state index in [4.69, 9.17) is 5.73 Å². The first kappa shape index (κ1) is 16.6. The van der Waals surface area contributed by atoms with Gasteiger partial charge in [-0.3, -0.25) is 24.2 Å². The molecule has 2 N–H and O–H groups in total. The Morgan fingerprint density at radius 2 is 1.96 bits per heavy atom. The summed E-state index contributed by atoms with van der Waals surface area (Å²) in [5.41, 5.74) is 6.51. The molecule has 3 amide bonds. The highest BCUT2D eigenvalue weighted by Gasteiger charge is 2.43. The first-order valence-electron chi connectivity index (χ1n) is 8.48. The minimum atomic E-state index is -0.435. The average molecular weight is 329 g/mol. The van der Waals surface area contributed by atoms with Crippen LogP contribution in [0.1, 0.15) is 24.8 Å². The maximum atomic E-state index is 12.7. The molecular formula is C18H23N3O3. The fourth-order valence-electron chi connectivity index (χ4n) is 3.59. The summed E-state index contributed by atoms with van der Waals surface area (Å²) in [6, 6.07) is 9.38. The summed E-state index contributed by atoms with van der Waals surface area (Å²) in [6.45, 7) is 1.62. The third kappa shape index (κ3) is 3.48. The maximum absolute atomic E-state index is 12.7. The highest BCUT2D eigenvalue weighted by molar-refractivity contribution is 6.05. The highest BCUT2D eigenvalue weighted by Crippen LogP contribution is 2.25. The number of hydrogen-bond acceptors (Lipinski definition) is 4. The van der Waals surface area contributed by atoms with Crippen LogP contribution < -0.4 is 5.73 Å². The molecule has 6 nitrogen and oxygen atoms in total. The number of likely N-dealkylation sites (tertiary alicyclic amines) is 2. The third-order valence-electron chi connectivity index (χ3n) is 4.98. The van der Waals surface area contributed by atoms with Crippen LogP contribution >= 0.6 is 0 Å². The Morgan fingerprint density at radius 1 is 1.21 bits per heavy atom. The van der Waals surface area contributed by atoms with Crippen LogP contribution in [0.4, 0.5) is 0 Å². The zero-order valence-corrected chi connectivity index (χ0v) is 13.7. The number of benzene rings is 1. The van der Waals surface area contributed by atoms with Gasteiger partial charge < -0.3 is 5.73 Å². The lowest BCUT2D eigenvalue weighted by atomic mass is 9.96. The zero-order chi connectivity index (χ0) is 17.1. The van der Waals surface area contributed by atoms with E-state index in [1.807, 2.05) is 35.2 Å². The van der Waals surface area contributed by atoms with E-state index < -0.39 is 6.04 Å². The molecular weight excluding hydrogens is 306 g/mol. The van der Waals surface area contributed by atoms with E-state index in [9.17, 15) is 14.4 Å². The molecule has 1 aromatic carbocycles. The molecule has 3 rings (SSSR count). The van der Waals surface area contributed by atoms with Crippen molar-refractivity contribution in [2.45, 2.75) is 31.7 Å². The van der Waals surface area contributed by atoms with Crippen molar-refractivity contribution in [1.29, 1.82) is 0 Å². The van der Waals surface area contributed by atoms with Crippen LogP contribution in [-0.4, -0.2) is 53.2 Å². The summed E-state index contributed by atoms with van der Waals surface area (Å²) in [7, 11) is 0. The molecule has 0 unspecified atom stereocenters. The second-order valence-corrected chi connectivity index (χ2v) is 6.58. The monoisotopic (exact) mass is 329 g/mol. The fraction of sp³-hybridized carbons (Fsp3) is 0.500. The maximum Gasteiger partial charge on any atom is 0.247 e. The van der Waals surface area contributed by atoms with E-state index in [-0.39, 0.29) is 30.1 Å². The molecule has 2 atom stereocenters. The Kier molecular flexibility index (Phi) is 4.94. The van der Waals surface area contributed by atoms with Gasteiger partial charge >= 0.3 is 0 Å². The van der Waals surface area contributed by atoms with Crippen molar-refractivity contribution >= 4 is 17.7 Å². The van der Waals surface area contributed by atoms with Crippen LogP contribution in [0.5, 0.6) is 0 Å². The number of carbonyl (C=O) groups excluding carboxylic acids is 3. The Morgan fingerprint density at radius 3 is 2.67 bits per heavy atom. The van der Waals surface area contributed by atoms with Crippen LogP contribution in [-0.2, 0) is 20.8 Å². The summed E-state index contributed by atoms with van der Waals surface area (Å²) >= 11 is 0. The smallest absolute Gasteiger partial charge is 0.247 e. The van der Waals surface area contributed by atoms with Crippen molar-refractivity contribution in [2.24, 2.45) is 11.7 Å². The number of primary amides is 1. The molecule has 0 aromatic heterocycles. The van der Waals surface area contributed by atoms with Gasteiger partial charge in [-0.05, 0) is 31.4 Å². The van der Waals surface area contributed by atoms with Crippen molar-refractivity contribution in [1.82, 2.24) is 9.80 Å². The van der Waals surface area contributed by atoms with Crippen LogP contribution in [0.2, 0.25) is 0 Å². The van der Waals surface area contributed by atoms with Crippen molar-refractivity contribution in [3.63, 3.8) is 0 Å². The predicted molar refractivity (Wildman–Crippen MR) is 88.8 cm³/mol. The quantitative estimate of drug-likeness (QED) is 0.800. The number of piperidine rings is 1. The average Bonchev–Trinajstić information content (AvgIpc) is 2.88. The van der Waals surface area contributed by atoms with Gasteiger partial charge in [0.1, 0.15) is 0 Å². The number of amides is 3. The molecule has 0 bridgehead atoms. The molecule has 2 aliphatic rings. The SMILES string of the molecule is NC(=O)[C@H]1CCCN([C@H]2CC(=O)N(CCc3ccccc3)C2=O)C1. The third-order valence-corrected chi connectivity index (χ3v) is 4.98. The van der Waals surface area contributed by atoms with E-state index in [1.54, 1.807) is 0 Å². The molecule has 0 aliphatic carbocycles. The molecule has 2 heterocycles. The van der Waals surface area contributed by atoms with E-state index in [0.717, 1.165) is 24.9 Å². The minimum absolute atomic E-state index is 0.123. The van der Waals surface area contributed by atoms with E-state index in [0.29, 0.717) is 19.5 Å². The van der Waals surface area contributed by atoms with Gasteiger partial charge in [-0.1, -0.05) is 30.3 Å². The first-order chi connectivity index (χ1) is 11.6. The molecule has 1 aromatic rings. The molecule has 2 saturated heterocycles. The van der Waals surface area contributed by atoms with Gasteiger partial charge in [0.2, 0.25) is 17.7 Å². The second kappa shape index (κ2) is 7.13. The van der Waals surface area contributed by atoms with Gasteiger partial charge in [0.05, 0.1) is 18.4 Å². The summed E-state index contributed by atoms with van der Waals surface area (Å²) in [5.74, 6) is -0.805. The first-order valence-corrected chi connectivity index (χ1v) is 8.48. The summed E-state index contributed by atoms with van der Waals surface area (Å²) in [6.07, 6.45) is 2.46. The van der Waals surface area contributed by atoms with E-state index in [1.165, 1.54) is 4.90 Å². The molecule has 6 heteroatoms. The number of nitrogens with two attached hydrogens (primary N) is 1. The zero-order valence-electron chi connectivity index (χ0n) is 13.7. The van der Waals surface area contributed by atoms with Crippen LogP contribution in [0, 0.1) is 5.92 Å². The summed E-state index contributed by atoms with van der Waals surface area (Å²) in [4.78, 5) is 39.7. The molecule has 2 aliphatic heterocycles. The van der Waals surface area contributed by atoms with Gasteiger partial charge in [0.25, 0.3) is 0 Å². The predicted octanol–water partition coefficient (Wildman–Crippen LogP) is 0.554. The number of imide groups is 1. The van der Waals surface area contributed by atoms with Gasteiger partial charge in [-0.15, -0.1) is 0 Å². The van der Waals surface area contributed by atoms with E-state index in [2.05, 4.69) is 0 Å². The standard InChI is InChI=1S/C18H23N3O3/c19-17(23)14-7-4-9-20(12-14)15-11-16(22)21(18(15)24)10-8-13-5-2-1-3-6-13/h1-3,5-6,14-15H,4,7-12H2,(H2,19,23)/t14-,15-/m0/s1. The number of nitrogens with zero attached hydrogens (tertiary/aromatic N) is 2.